The Morgan fingerprint density at radius 3 is 2.39 bits per heavy atom. The van der Waals surface area contributed by atoms with Crippen molar-refractivity contribution in [2.24, 2.45) is 0 Å². The lowest BCUT2D eigenvalue weighted by molar-refractivity contribution is -0.132. The molecule has 0 saturated carbocycles. The van der Waals surface area contributed by atoms with Crippen LogP contribution in [0.3, 0.4) is 0 Å². The second-order valence-electron chi connectivity index (χ2n) is 4.83. The third-order valence-corrected chi connectivity index (χ3v) is 3.23. The minimum absolute atomic E-state index is 0.144. The highest BCUT2D eigenvalue weighted by atomic mass is 16.6. The zero-order valence-corrected chi connectivity index (χ0v) is 11.3. The molecule has 1 heterocycles. The van der Waals surface area contributed by atoms with Gasteiger partial charge in [-0.3, -0.25) is 0 Å². The molecule has 0 aliphatic carbocycles. The molecule has 1 N–H and O–H groups in total. The van der Waals surface area contributed by atoms with Gasteiger partial charge in [-0.2, -0.15) is 0 Å². The third kappa shape index (κ3) is 4.65. The highest BCUT2D eigenvalue weighted by Crippen LogP contribution is 2.23. The van der Waals surface area contributed by atoms with Crippen molar-refractivity contribution in [2.45, 2.75) is 64.4 Å². The maximum atomic E-state index is 11.3. The van der Waals surface area contributed by atoms with Crippen LogP contribution in [0.2, 0.25) is 0 Å². The van der Waals surface area contributed by atoms with Gasteiger partial charge < -0.3 is 9.84 Å². The number of aliphatic hydroxyl groups excluding tert-OH is 1. The van der Waals surface area contributed by atoms with Gasteiger partial charge in [-0.1, -0.05) is 58.1 Å². The van der Waals surface area contributed by atoms with E-state index < -0.39 is 12.1 Å². The number of aliphatic hydroxyl groups is 1. The maximum absolute atomic E-state index is 11.3. The van der Waals surface area contributed by atoms with E-state index >= 15 is 0 Å². The van der Waals surface area contributed by atoms with Crippen LogP contribution >= 0.6 is 0 Å². The first-order valence-corrected chi connectivity index (χ1v) is 6.96. The number of hydrogen-bond donors (Lipinski definition) is 1. The maximum Gasteiger partial charge on any atom is 0.341 e. The second kappa shape index (κ2) is 8.09. The summed E-state index contributed by atoms with van der Waals surface area (Å²) in [7, 11) is 0. The third-order valence-electron chi connectivity index (χ3n) is 3.23. The molecule has 1 fully saturated rings. The normalized spacial score (nSPS) is 21.7. The molecule has 0 spiro atoms. The Kier molecular flexibility index (Phi) is 6.73. The van der Waals surface area contributed by atoms with Crippen LogP contribution in [0, 0.1) is 0 Å². The highest BCUT2D eigenvalue weighted by Gasteiger charge is 2.32. The number of unbranched alkanes of at least 4 members (excludes halogenated alkanes) is 7. The quantitative estimate of drug-likeness (QED) is 0.408. The van der Waals surface area contributed by atoms with Gasteiger partial charge in [0.15, 0.2) is 0 Å². The number of carbonyl (C=O) groups excluding carboxylic acids is 1. The number of carbonyl (C=O) groups is 1. The number of ether oxygens (including phenoxy) is 1. The molecule has 1 aliphatic heterocycles. The van der Waals surface area contributed by atoms with Crippen LogP contribution < -0.4 is 0 Å². The number of allylic oxidation sites excluding steroid dienone is 1. The van der Waals surface area contributed by atoms with E-state index in [1.165, 1.54) is 38.5 Å². The summed E-state index contributed by atoms with van der Waals surface area (Å²) in [6.07, 6.45) is 10.4. The molecule has 0 aromatic rings. The first-order chi connectivity index (χ1) is 8.66. The Morgan fingerprint density at radius 2 is 1.83 bits per heavy atom. The second-order valence-corrected chi connectivity index (χ2v) is 4.83. The van der Waals surface area contributed by atoms with E-state index in [2.05, 4.69) is 13.5 Å². The predicted octanol–water partition coefficient (Wildman–Crippen LogP) is 3.48. The molecule has 0 amide bonds. The molecule has 102 valence electrons. The van der Waals surface area contributed by atoms with Crippen LogP contribution in [0.1, 0.15) is 58.3 Å². The summed E-state index contributed by atoms with van der Waals surface area (Å²) in [6, 6.07) is 0. The van der Waals surface area contributed by atoms with Crippen LogP contribution in [-0.2, 0) is 9.53 Å². The summed E-state index contributed by atoms with van der Waals surface area (Å²) in [5.74, 6) is -0.304. The molecule has 0 bridgehead atoms. The molecular formula is C15H24O3. The molecule has 3 heteroatoms. The van der Waals surface area contributed by atoms with Crippen molar-refractivity contribution < 1.29 is 14.6 Å². The van der Waals surface area contributed by atoms with Crippen LogP contribution in [0.15, 0.2) is 24.0 Å². The van der Waals surface area contributed by atoms with Gasteiger partial charge in [-0.25, -0.2) is 4.79 Å². The van der Waals surface area contributed by atoms with Crippen molar-refractivity contribution in [1.29, 1.82) is 0 Å². The van der Waals surface area contributed by atoms with Crippen molar-refractivity contribution >= 4 is 5.97 Å². The Bertz CT molecular complexity index is 318. The van der Waals surface area contributed by atoms with Gasteiger partial charge in [0.05, 0.1) is 5.57 Å². The molecule has 18 heavy (non-hydrogen) atoms. The van der Waals surface area contributed by atoms with E-state index in [1.54, 1.807) is 6.08 Å². The Hall–Kier alpha value is -1.09. The monoisotopic (exact) mass is 252 g/mol. The summed E-state index contributed by atoms with van der Waals surface area (Å²) in [6.45, 7) is 5.70. The van der Waals surface area contributed by atoms with Crippen molar-refractivity contribution in [2.75, 3.05) is 0 Å². The lowest BCUT2D eigenvalue weighted by atomic mass is 10.1. The number of hydrogen-bond acceptors (Lipinski definition) is 3. The van der Waals surface area contributed by atoms with E-state index in [0.717, 1.165) is 12.8 Å². The summed E-state index contributed by atoms with van der Waals surface area (Å²) >= 11 is 0. The van der Waals surface area contributed by atoms with Crippen LogP contribution in [-0.4, -0.2) is 17.2 Å². The smallest absolute Gasteiger partial charge is 0.341 e. The van der Waals surface area contributed by atoms with Crippen molar-refractivity contribution in [1.82, 2.24) is 0 Å². The van der Waals surface area contributed by atoms with Gasteiger partial charge in [0.1, 0.15) is 11.9 Å². The fourth-order valence-electron chi connectivity index (χ4n) is 2.07. The lowest BCUT2D eigenvalue weighted by Crippen LogP contribution is -2.07. The van der Waals surface area contributed by atoms with Gasteiger partial charge >= 0.3 is 5.97 Å². The fraction of sp³-hybridized carbons (Fsp3) is 0.667. The van der Waals surface area contributed by atoms with Crippen LogP contribution in [0.25, 0.3) is 0 Å². The van der Waals surface area contributed by atoms with E-state index in [9.17, 15) is 9.90 Å². The average molecular weight is 252 g/mol. The number of cyclic esters (lactones) is 1. The minimum atomic E-state index is -0.929. The van der Waals surface area contributed by atoms with Gasteiger partial charge in [0.25, 0.3) is 0 Å². The van der Waals surface area contributed by atoms with Crippen molar-refractivity contribution in [3.05, 3.63) is 24.0 Å². The molecule has 1 aliphatic rings. The molecule has 1 unspecified atom stereocenters. The van der Waals surface area contributed by atoms with Gasteiger partial charge in [-0.05, 0) is 12.8 Å². The Labute approximate surface area is 110 Å². The molecule has 0 radical (unpaired) electrons. The summed E-state index contributed by atoms with van der Waals surface area (Å²) in [4.78, 5) is 11.3. The van der Waals surface area contributed by atoms with Gasteiger partial charge in [-0.15, -0.1) is 0 Å². The van der Waals surface area contributed by atoms with E-state index in [4.69, 9.17) is 4.74 Å². The minimum Gasteiger partial charge on any atom is -0.425 e. The summed E-state index contributed by atoms with van der Waals surface area (Å²) in [5.41, 5.74) is 0.353. The highest BCUT2D eigenvalue weighted by molar-refractivity contribution is 5.93. The van der Waals surface area contributed by atoms with E-state index in [0.29, 0.717) is 5.57 Å². The largest absolute Gasteiger partial charge is 0.425 e. The Morgan fingerprint density at radius 1 is 1.22 bits per heavy atom. The predicted molar refractivity (Wildman–Crippen MR) is 71.9 cm³/mol. The SMILES string of the molecule is C=C1OC(=O)C(=CCCCCCCCCC)C1O. The van der Waals surface area contributed by atoms with Gasteiger partial charge in [0, 0.05) is 0 Å². The van der Waals surface area contributed by atoms with Crippen LogP contribution in [0.4, 0.5) is 0 Å². The van der Waals surface area contributed by atoms with Crippen molar-refractivity contribution in [3.63, 3.8) is 0 Å². The topological polar surface area (TPSA) is 46.5 Å². The molecule has 3 nitrogen and oxygen atoms in total. The summed E-state index contributed by atoms with van der Waals surface area (Å²) < 4.78 is 4.76. The Balaban J connectivity index is 2.13. The summed E-state index contributed by atoms with van der Waals surface area (Å²) in [5, 5.41) is 9.61. The van der Waals surface area contributed by atoms with Crippen LogP contribution in [0.5, 0.6) is 0 Å². The molecular weight excluding hydrogens is 228 g/mol. The molecule has 1 atom stereocenters. The van der Waals surface area contributed by atoms with Gasteiger partial charge in [0.2, 0.25) is 0 Å². The average Bonchev–Trinajstić information content (AvgIpc) is 2.58. The first kappa shape index (κ1) is 15.0. The lowest BCUT2D eigenvalue weighted by Gasteiger charge is -2.01. The number of esters is 1. The van der Waals surface area contributed by atoms with E-state index in [-0.39, 0.29) is 5.76 Å². The molecule has 1 saturated heterocycles. The number of rotatable bonds is 8. The fourth-order valence-corrected chi connectivity index (χ4v) is 2.07. The molecule has 0 aromatic carbocycles. The molecule has 1 rings (SSSR count). The van der Waals surface area contributed by atoms with Crippen molar-refractivity contribution in [3.8, 4) is 0 Å². The zero-order chi connectivity index (χ0) is 13.4. The molecule has 0 aromatic heterocycles. The standard InChI is InChI=1S/C15H24O3/c1-3-4-5-6-7-8-9-10-11-13-14(16)12(2)18-15(13)17/h11,14,16H,2-10H2,1H3. The first-order valence-electron chi connectivity index (χ1n) is 6.96. The van der Waals surface area contributed by atoms with E-state index in [1.807, 2.05) is 0 Å². The zero-order valence-electron chi connectivity index (χ0n) is 11.3.